The number of hydrogen-bond donors (Lipinski definition) is 1. The number of aryl methyl sites for hydroxylation is 1. The molecule has 0 saturated heterocycles. The molecule has 0 aliphatic rings. The fourth-order valence-corrected chi connectivity index (χ4v) is 2.51. The largest absolute Gasteiger partial charge is 0.495 e. The number of carbonyl (C=O) groups excluding carboxylic acids is 2. The standard InChI is InChI=1S/C22H27NO6/c1-5-27-12-13-28-22(25)16(3)29-18-9-7-17(8-10-18)21(24)23-19-14-15(2)6-11-20(19)26-4/h6-11,14,16H,5,12-13H2,1-4H3,(H,23,24)/t16-/m1/s1. The summed E-state index contributed by atoms with van der Waals surface area (Å²) < 4.78 is 21.0. The number of ether oxygens (including phenoxy) is 4. The van der Waals surface area contributed by atoms with Crippen molar-refractivity contribution in [3.05, 3.63) is 53.6 Å². The molecule has 0 aromatic heterocycles. The van der Waals surface area contributed by atoms with Crippen LogP contribution in [0.15, 0.2) is 42.5 Å². The number of carbonyl (C=O) groups is 2. The summed E-state index contributed by atoms with van der Waals surface area (Å²) in [5, 5.41) is 2.84. The van der Waals surface area contributed by atoms with E-state index in [-0.39, 0.29) is 12.5 Å². The van der Waals surface area contributed by atoms with E-state index in [9.17, 15) is 9.59 Å². The van der Waals surface area contributed by atoms with Crippen LogP contribution in [-0.2, 0) is 14.3 Å². The van der Waals surface area contributed by atoms with E-state index < -0.39 is 12.1 Å². The molecule has 7 heteroatoms. The molecule has 0 aliphatic carbocycles. The molecule has 0 aliphatic heterocycles. The smallest absolute Gasteiger partial charge is 0.347 e. The van der Waals surface area contributed by atoms with Gasteiger partial charge in [-0.05, 0) is 62.7 Å². The summed E-state index contributed by atoms with van der Waals surface area (Å²) in [6, 6.07) is 12.1. The molecule has 2 aromatic carbocycles. The molecule has 0 unspecified atom stereocenters. The maximum absolute atomic E-state index is 12.5. The van der Waals surface area contributed by atoms with Crippen LogP contribution in [0.3, 0.4) is 0 Å². The van der Waals surface area contributed by atoms with Crippen molar-refractivity contribution in [2.75, 3.05) is 32.2 Å². The zero-order valence-corrected chi connectivity index (χ0v) is 17.2. The van der Waals surface area contributed by atoms with Gasteiger partial charge in [-0.15, -0.1) is 0 Å². The number of anilines is 1. The summed E-state index contributed by atoms with van der Waals surface area (Å²) in [6.07, 6.45) is -0.771. The second kappa shape index (κ2) is 11.1. The Balaban J connectivity index is 1.93. The van der Waals surface area contributed by atoms with Crippen LogP contribution >= 0.6 is 0 Å². The van der Waals surface area contributed by atoms with Gasteiger partial charge in [-0.25, -0.2) is 4.79 Å². The van der Waals surface area contributed by atoms with Gasteiger partial charge in [0.1, 0.15) is 18.1 Å². The number of nitrogens with one attached hydrogen (secondary N) is 1. The van der Waals surface area contributed by atoms with E-state index in [2.05, 4.69) is 5.32 Å². The van der Waals surface area contributed by atoms with Gasteiger partial charge < -0.3 is 24.3 Å². The van der Waals surface area contributed by atoms with Crippen molar-refractivity contribution < 1.29 is 28.5 Å². The topological polar surface area (TPSA) is 83.1 Å². The fraction of sp³-hybridized carbons (Fsp3) is 0.364. The van der Waals surface area contributed by atoms with Crippen LogP contribution in [0.2, 0.25) is 0 Å². The Labute approximate surface area is 170 Å². The number of benzene rings is 2. The summed E-state index contributed by atoms with van der Waals surface area (Å²) >= 11 is 0. The highest BCUT2D eigenvalue weighted by Gasteiger charge is 2.17. The zero-order chi connectivity index (χ0) is 21.2. The quantitative estimate of drug-likeness (QED) is 0.484. The Morgan fingerprint density at radius 1 is 1.07 bits per heavy atom. The highest BCUT2D eigenvalue weighted by molar-refractivity contribution is 6.05. The van der Waals surface area contributed by atoms with Crippen LogP contribution < -0.4 is 14.8 Å². The average Bonchev–Trinajstić information content (AvgIpc) is 2.71. The highest BCUT2D eigenvalue weighted by atomic mass is 16.6. The minimum absolute atomic E-state index is 0.182. The third kappa shape index (κ3) is 6.80. The predicted octanol–water partition coefficient (Wildman–Crippen LogP) is 3.60. The van der Waals surface area contributed by atoms with Crippen molar-refractivity contribution in [3.63, 3.8) is 0 Å². The number of rotatable bonds is 10. The van der Waals surface area contributed by atoms with Crippen LogP contribution in [0, 0.1) is 6.92 Å². The number of amides is 1. The van der Waals surface area contributed by atoms with E-state index in [0.29, 0.717) is 36.0 Å². The van der Waals surface area contributed by atoms with E-state index in [1.165, 1.54) is 0 Å². The lowest BCUT2D eigenvalue weighted by molar-refractivity contribution is -0.152. The third-order valence-electron chi connectivity index (χ3n) is 4.04. The zero-order valence-electron chi connectivity index (χ0n) is 17.2. The Kier molecular flexibility index (Phi) is 8.48. The van der Waals surface area contributed by atoms with Crippen molar-refractivity contribution in [2.24, 2.45) is 0 Å². The number of esters is 1. The van der Waals surface area contributed by atoms with Crippen LogP contribution in [0.5, 0.6) is 11.5 Å². The van der Waals surface area contributed by atoms with Gasteiger partial charge >= 0.3 is 5.97 Å². The Hall–Kier alpha value is -3.06. The molecule has 1 atom stereocenters. The van der Waals surface area contributed by atoms with Crippen LogP contribution in [0.1, 0.15) is 29.8 Å². The average molecular weight is 401 g/mol. The molecule has 0 spiro atoms. The van der Waals surface area contributed by atoms with Crippen molar-refractivity contribution >= 4 is 17.6 Å². The first-order chi connectivity index (χ1) is 13.9. The maximum Gasteiger partial charge on any atom is 0.347 e. The number of hydrogen-bond acceptors (Lipinski definition) is 6. The van der Waals surface area contributed by atoms with Crippen molar-refractivity contribution in [3.8, 4) is 11.5 Å². The van der Waals surface area contributed by atoms with Crippen LogP contribution in [0.25, 0.3) is 0 Å². The summed E-state index contributed by atoms with van der Waals surface area (Å²) in [4.78, 5) is 24.4. The van der Waals surface area contributed by atoms with Crippen molar-refractivity contribution in [1.82, 2.24) is 0 Å². The highest BCUT2D eigenvalue weighted by Crippen LogP contribution is 2.26. The Bertz CT molecular complexity index is 819. The first kappa shape index (κ1) is 22.2. The maximum atomic E-state index is 12.5. The molecule has 0 heterocycles. The van der Waals surface area contributed by atoms with Gasteiger partial charge in [0.15, 0.2) is 6.10 Å². The summed E-state index contributed by atoms with van der Waals surface area (Å²) in [6.45, 7) is 6.51. The van der Waals surface area contributed by atoms with Crippen molar-refractivity contribution in [2.45, 2.75) is 26.9 Å². The summed E-state index contributed by atoms with van der Waals surface area (Å²) in [5.74, 6) is 0.298. The van der Waals surface area contributed by atoms with Crippen LogP contribution in [0.4, 0.5) is 5.69 Å². The van der Waals surface area contributed by atoms with E-state index in [1.807, 2.05) is 26.0 Å². The van der Waals surface area contributed by atoms with Gasteiger partial charge in [0.25, 0.3) is 5.91 Å². The van der Waals surface area contributed by atoms with Crippen molar-refractivity contribution in [1.29, 1.82) is 0 Å². The lowest BCUT2D eigenvalue weighted by atomic mass is 10.1. The van der Waals surface area contributed by atoms with E-state index in [1.54, 1.807) is 44.4 Å². The Morgan fingerprint density at radius 3 is 2.45 bits per heavy atom. The lowest BCUT2D eigenvalue weighted by Gasteiger charge is -2.14. The van der Waals surface area contributed by atoms with E-state index >= 15 is 0 Å². The molecular formula is C22H27NO6. The minimum Gasteiger partial charge on any atom is -0.495 e. The van der Waals surface area contributed by atoms with E-state index in [0.717, 1.165) is 5.56 Å². The predicted molar refractivity (Wildman–Crippen MR) is 110 cm³/mol. The van der Waals surface area contributed by atoms with Gasteiger partial charge in [-0.2, -0.15) is 0 Å². The van der Waals surface area contributed by atoms with Gasteiger partial charge in [0.2, 0.25) is 0 Å². The normalized spacial score (nSPS) is 11.4. The fourth-order valence-electron chi connectivity index (χ4n) is 2.51. The van der Waals surface area contributed by atoms with Gasteiger partial charge in [-0.3, -0.25) is 4.79 Å². The van der Waals surface area contributed by atoms with Crippen LogP contribution in [-0.4, -0.2) is 44.9 Å². The monoisotopic (exact) mass is 401 g/mol. The molecule has 1 N–H and O–H groups in total. The Morgan fingerprint density at radius 2 is 1.79 bits per heavy atom. The minimum atomic E-state index is -0.771. The SMILES string of the molecule is CCOCCOC(=O)[C@@H](C)Oc1ccc(C(=O)Nc2cc(C)ccc2OC)cc1. The molecule has 2 aromatic rings. The molecule has 1 amide bonds. The molecule has 7 nitrogen and oxygen atoms in total. The molecule has 0 bridgehead atoms. The molecule has 0 fully saturated rings. The second-order valence-corrected chi connectivity index (χ2v) is 6.31. The molecule has 2 rings (SSSR count). The van der Waals surface area contributed by atoms with Gasteiger partial charge in [-0.1, -0.05) is 6.07 Å². The number of methoxy groups -OCH3 is 1. The first-order valence-corrected chi connectivity index (χ1v) is 9.41. The third-order valence-corrected chi connectivity index (χ3v) is 4.04. The summed E-state index contributed by atoms with van der Waals surface area (Å²) in [7, 11) is 1.55. The van der Waals surface area contributed by atoms with E-state index in [4.69, 9.17) is 18.9 Å². The van der Waals surface area contributed by atoms with Gasteiger partial charge in [0, 0.05) is 12.2 Å². The molecule has 29 heavy (non-hydrogen) atoms. The second-order valence-electron chi connectivity index (χ2n) is 6.31. The molecule has 0 saturated carbocycles. The molecular weight excluding hydrogens is 374 g/mol. The molecule has 156 valence electrons. The van der Waals surface area contributed by atoms with Gasteiger partial charge in [0.05, 0.1) is 19.4 Å². The lowest BCUT2D eigenvalue weighted by Crippen LogP contribution is -2.27. The molecule has 0 radical (unpaired) electrons. The summed E-state index contributed by atoms with van der Waals surface area (Å²) in [5.41, 5.74) is 2.06. The first-order valence-electron chi connectivity index (χ1n) is 9.41.